The van der Waals surface area contributed by atoms with Crippen molar-refractivity contribution in [1.82, 2.24) is 24.9 Å². The van der Waals surface area contributed by atoms with Crippen LogP contribution in [0.1, 0.15) is 39.7 Å². The molecule has 0 unspecified atom stereocenters. The van der Waals surface area contributed by atoms with E-state index in [2.05, 4.69) is 20.4 Å². The van der Waals surface area contributed by atoms with Crippen molar-refractivity contribution < 1.29 is 14.3 Å². The van der Waals surface area contributed by atoms with Crippen LogP contribution in [0.2, 0.25) is 0 Å². The number of nitrogens with zero attached hydrogens (tertiary/aromatic N) is 4. The highest BCUT2D eigenvalue weighted by Gasteiger charge is 2.23. The van der Waals surface area contributed by atoms with Crippen molar-refractivity contribution in [1.29, 1.82) is 0 Å². The van der Waals surface area contributed by atoms with Crippen molar-refractivity contribution >= 4 is 33.1 Å². The van der Waals surface area contributed by atoms with Crippen LogP contribution in [0.4, 0.5) is 0 Å². The van der Waals surface area contributed by atoms with E-state index in [-0.39, 0.29) is 18.3 Å². The zero-order valence-corrected chi connectivity index (χ0v) is 15.9. The molecule has 3 heterocycles. The van der Waals surface area contributed by atoms with E-state index in [9.17, 15) is 4.79 Å². The number of amides is 1. The quantitative estimate of drug-likeness (QED) is 0.685. The number of carbonyl (C=O) groups excluding carboxylic acids is 1. The van der Waals surface area contributed by atoms with Gasteiger partial charge in [0.05, 0.1) is 11.9 Å². The number of nitrogens with one attached hydrogen (secondary N) is 1. The van der Waals surface area contributed by atoms with Gasteiger partial charge in [-0.1, -0.05) is 0 Å². The monoisotopic (exact) mass is 375 g/mol. The normalized spacial score (nSPS) is 14.3. The number of aromatic nitrogens is 4. The van der Waals surface area contributed by atoms with Gasteiger partial charge in [0, 0.05) is 19.1 Å². The minimum atomic E-state index is -0.505. The first-order valence-electron chi connectivity index (χ1n) is 8.63. The Bertz CT molecular complexity index is 976. The molecule has 1 aliphatic rings. The third-order valence-corrected chi connectivity index (χ3v) is 5.90. The number of hydrogen-bond donors (Lipinski definition) is 1. The van der Waals surface area contributed by atoms with Crippen LogP contribution < -0.4 is 5.32 Å². The van der Waals surface area contributed by atoms with Crippen molar-refractivity contribution in [2.45, 2.75) is 38.9 Å². The predicted molar refractivity (Wildman–Crippen MR) is 97.7 cm³/mol. The molecular weight excluding hydrogens is 354 g/mol. The van der Waals surface area contributed by atoms with Gasteiger partial charge in [0.2, 0.25) is 5.82 Å². The molecule has 1 N–H and O–H groups in total. The second-order valence-electron chi connectivity index (χ2n) is 6.33. The number of fused-ring (bicyclic) bond motifs is 5. The van der Waals surface area contributed by atoms with Crippen molar-refractivity contribution in [2.75, 3.05) is 20.8 Å². The van der Waals surface area contributed by atoms with Crippen molar-refractivity contribution in [2.24, 2.45) is 0 Å². The fourth-order valence-electron chi connectivity index (χ4n) is 3.37. The van der Waals surface area contributed by atoms with Gasteiger partial charge >= 0.3 is 0 Å². The highest BCUT2D eigenvalue weighted by molar-refractivity contribution is 7.19. The Morgan fingerprint density at radius 1 is 1.27 bits per heavy atom. The van der Waals surface area contributed by atoms with Crippen LogP contribution in [0.15, 0.2) is 0 Å². The molecule has 0 radical (unpaired) electrons. The summed E-state index contributed by atoms with van der Waals surface area (Å²) in [5.41, 5.74) is 2.04. The van der Waals surface area contributed by atoms with Crippen molar-refractivity contribution in [3.8, 4) is 0 Å². The Kier molecular flexibility index (Phi) is 4.60. The maximum absolute atomic E-state index is 12.4. The largest absolute Gasteiger partial charge is 0.354 e. The lowest BCUT2D eigenvalue weighted by atomic mass is 9.97. The number of rotatable bonds is 5. The lowest BCUT2D eigenvalue weighted by Gasteiger charge is -2.12. The molecule has 26 heavy (non-hydrogen) atoms. The maximum atomic E-state index is 12.4. The predicted octanol–water partition coefficient (Wildman–Crippen LogP) is 1.87. The summed E-state index contributed by atoms with van der Waals surface area (Å²) in [5, 5.41) is 8.16. The summed E-state index contributed by atoms with van der Waals surface area (Å²) in [6, 6.07) is 0. The molecule has 0 bridgehead atoms. The molecule has 0 saturated carbocycles. The first-order chi connectivity index (χ1) is 12.6. The first kappa shape index (κ1) is 17.3. The van der Waals surface area contributed by atoms with E-state index in [1.807, 2.05) is 6.92 Å². The summed E-state index contributed by atoms with van der Waals surface area (Å²) >= 11 is 1.74. The smallest absolute Gasteiger partial charge is 0.291 e. The molecule has 0 aliphatic heterocycles. The minimum absolute atomic E-state index is 0.129. The van der Waals surface area contributed by atoms with Gasteiger partial charge in [-0.3, -0.25) is 4.79 Å². The van der Waals surface area contributed by atoms with E-state index in [4.69, 9.17) is 9.47 Å². The zero-order chi connectivity index (χ0) is 18.3. The Labute approximate surface area is 154 Å². The van der Waals surface area contributed by atoms with E-state index in [1.165, 1.54) is 37.5 Å². The molecule has 4 rings (SSSR count). The topological polar surface area (TPSA) is 90.6 Å². The molecule has 0 spiro atoms. The fraction of sp³-hybridized carbons (Fsp3) is 0.529. The molecule has 0 fully saturated rings. The molecule has 1 aliphatic carbocycles. The van der Waals surface area contributed by atoms with E-state index in [0.29, 0.717) is 5.65 Å². The average Bonchev–Trinajstić information content (AvgIpc) is 3.23. The third-order valence-electron chi connectivity index (χ3n) is 4.71. The third kappa shape index (κ3) is 2.85. The summed E-state index contributed by atoms with van der Waals surface area (Å²) in [6.07, 6.45) is 4.02. The SMILES string of the molecule is COC(CNC(=O)c1nc2c3c4c(sc3nc(C)n2n1)CCCC4)OC. The van der Waals surface area contributed by atoms with Gasteiger partial charge in [0.25, 0.3) is 5.91 Å². The van der Waals surface area contributed by atoms with Gasteiger partial charge in [-0.2, -0.15) is 4.52 Å². The van der Waals surface area contributed by atoms with Crippen LogP contribution >= 0.6 is 11.3 Å². The van der Waals surface area contributed by atoms with Gasteiger partial charge < -0.3 is 14.8 Å². The minimum Gasteiger partial charge on any atom is -0.354 e. The highest BCUT2D eigenvalue weighted by Crippen LogP contribution is 2.37. The van der Waals surface area contributed by atoms with Gasteiger partial charge in [-0.05, 0) is 38.2 Å². The number of methoxy groups -OCH3 is 2. The molecule has 0 saturated heterocycles. The van der Waals surface area contributed by atoms with Gasteiger partial charge in [0.15, 0.2) is 11.9 Å². The Morgan fingerprint density at radius 3 is 2.81 bits per heavy atom. The highest BCUT2D eigenvalue weighted by atomic mass is 32.1. The van der Waals surface area contributed by atoms with Crippen LogP contribution in [0.25, 0.3) is 15.9 Å². The lowest BCUT2D eigenvalue weighted by Crippen LogP contribution is -2.34. The van der Waals surface area contributed by atoms with E-state index in [0.717, 1.165) is 28.9 Å². The second-order valence-corrected chi connectivity index (χ2v) is 7.42. The summed E-state index contributed by atoms with van der Waals surface area (Å²) in [6.45, 7) is 2.11. The Morgan fingerprint density at radius 2 is 2.04 bits per heavy atom. The van der Waals surface area contributed by atoms with E-state index >= 15 is 0 Å². The first-order valence-corrected chi connectivity index (χ1v) is 9.45. The van der Waals surface area contributed by atoms with Gasteiger partial charge in [-0.15, -0.1) is 16.4 Å². The Balaban J connectivity index is 1.74. The van der Waals surface area contributed by atoms with Crippen LogP contribution in [-0.4, -0.2) is 52.5 Å². The number of aryl methyl sites for hydroxylation is 3. The summed E-state index contributed by atoms with van der Waals surface area (Å²) < 4.78 is 11.8. The van der Waals surface area contributed by atoms with Crippen LogP contribution in [0.5, 0.6) is 0 Å². The molecule has 1 amide bonds. The number of hydrogen-bond acceptors (Lipinski definition) is 7. The fourth-order valence-corrected chi connectivity index (χ4v) is 4.67. The Hall–Kier alpha value is -2.10. The van der Waals surface area contributed by atoms with Crippen molar-refractivity contribution in [3.63, 3.8) is 0 Å². The van der Waals surface area contributed by atoms with Crippen LogP contribution in [0, 0.1) is 6.92 Å². The summed E-state index contributed by atoms with van der Waals surface area (Å²) in [7, 11) is 3.05. The standard InChI is InChI=1S/C17H21N5O3S/c1-9-19-17-13(10-6-4-5-7-11(10)26-17)15-20-14(21-22(9)15)16(23)18-8-12(24-2)25-3/h12H,4-8H2,1-3H3,(H,18,23). The lowest BCUT2D eigenvalue weighted by molar-refractivity contribution is -0.0974. The molecule has 3 aromatic rings. The van der Waals surface area contributed by atoms with Crippen LogP contribution in [0.3, 0.4) is 0 Å². The molecule has 138 valence electrons. The number of thiophene rings is 1. The molecule has 3 aromatic heterocycles. The molecule has 0 aromatic carbocycles. The van der Waals surface area contributed by atoms with Gasteiger partial charge in [0.1, 0.15) is 10.7 Å². The van der Waals surface area contributed by atoms with E-state index < -0.39 is 6.29 Å². The summed E-state index contributed by atoms with van der Waals surface area (Å²) in [4.78, 5) is 24.1. The van der Waals surface area contributed by atoms with E-state index in [1.54, 1.807) is 15.9 Å². The molecule has 0 atom stereocenters. The molecule has 8 nitrogen and oxygen atoms in total. The van der Waals surface area contributed by atoms with Crippen LogP contribution in [-0.2, 0) is 22.3 Å². The number of carbonyl (C=O) groups is 1. The van der Waals surface area contributed by atoms with Gasteiger partial charge in [-0.25, -0.2) is 9.97 Å². The average molecular weight is 375 g/mol. The second kappa shape index (κ2) is 6.90. The molecular formula is C17H21N5O3S. The van der Waals surface area contributed by atoms with Crippen molar-refractivity contribution in [3.05, 3.63) is 22.1 Å². The summed E-state index contributed by atoms with van der Waals surface area (Å²) in [5.74, 6) is 0.498. The number of ether oxygens (including phenoxy) is 2. The maximum Gasteiger partial charge on any atom is 0.291 e. The zero-order valence-electron chi connectivity index (χ0n) is 15.0. The molecule has 9 heteroatoms.